The summed E-state index contributed by atoms with van der Waals surface area (Å²) in [4.78, 5) is 23.8. The van der Waals surface area contributed by atoms with Crippen LogP contribution in [-0.2, 0) is 4.79 Å². The van der Waals surface area contributed by atoms with Crippen molar-refractivity contribution in [2.24, 2.45) is 0 Å². The van der Waals surface area contributed by atoms with Crippen molar-refractivity contribution in [1.82, 2.24) is 4.98 Å². The highest BCUT2D eigenvalue weighted by molar-refractivity contribution is 5.67. The van der Waals surface area contributed by atoms with Gasteiger partial charge in [-0.25, -0.2) is 0 Å². The first kappa shape index (κ1) is 9.51. The van der Waals surface area contributed by atoms with Crippen LogP contribution in [0.25, 0.3) is 0 Å². The second kappa shape index (κ2) is 3.89. The highest BCUT2D eigenvalue weighted by Gasteiger charge is 2.09. The van der Waals surface area contributed by atoms with Crippen molar-refractivity contribution in [1.29, 1.82) is 0 Å². The molecular weight excluding hydrogens is 170 g/mol. The van der Waals surface area contributed by atoms with E-state index in [0.717, 1.165) is 0 Å². The monoisotopic (exact) mass is 181 g/mol. The molecule has 0 aliphatic heterocycles. The van der Waals surface area contributed by atoms with Crippen molar-refractivity contribution in [2.45, 2.75) is 19.3 Å². The molecule has 0 amide bonds. The Labute approximate surface area is 75.2 Å². The number of rotatable bonds is 3. The molecule has 0 aliphatic carbocycles. The Kier molecular flexibility index (Phi) is 2.84. The van der Waals surface area contributed by atoms with E-state index in [1.807, 2.05) is 0 Å². The van der Waals surface area contributed by atoms with E-state index in [1.165, 1.54) is 6.07 Å². The maximum atomic E-state index is 10.9. The third-order valence-corrected chi connectivity index (χ3v) is 1.80. The van der Waals surface area contributed by atoms with Gasteiger partial charge in [0.05, 0.1) is 6.42 Å². The Bertz CT molecular complexity index is 356. The van der Waals surface area contributed by atoms with E-state index in [0.29, 0.717) is 5.69 Å². The van der Waals surface area contributed by atoms with E-state index in [1.54, 1.807) is 19.1 Å². The molecule has 4 heteroatoms. The molecule has 1 aromatic rings. The topological polar surface area (TPSA) is 70.2 Å². The molecule has 4 nitrogen and oxygen atoms in total. The van der Waals surface area contributed by atoms with Gasteiger partial charge in [-0.2, -0.15) is 0 Å². The molecule has 1 atom stereocenters. The number of aromatic nitrogens is 1. The number of nitrogens with one attached hydrogen (secondary N) is 1. The van der Waals surface area contributed by atoms with Crippen LogP contribution >= 0.6 is 0 Å². The molecule has 2 N–H and O–H groups in total. The molecule has 1 rings (SSSR count). The average molecular weight is 181 g/mol. The van der Waals surface area contributed by atoms with Gasteiger partial charge in [0.2, 0.25) is 5.56 Å². The maximum absolute atomic E-state index is 10.9. The first-order valence-electron chi connectivity index (χ1n) is 4.00. The Hall–Kier alpha value is -1.58. The number of H-pyrrole nitrogens is 1. The van der Waals surface area contributed by atoms with E-state index in [-0.39, 0.29) is 17.9 Å². The number of hydrogen-bond donors (Lipinski definition) is 2. The van der Waals surface area contributed by atoms with Crippen LogP contribution in [0.4, 0.5) is 0 Å². The molecule has 0 fully saturated rings. The molecule has 0 bridgehead atoms. The lowest BCUT2D eigenvalue weighted by molar-refractivity contribution is -0.137. The predicted molar refractivity (Wildman–Crippen MR) is 47.7 cm³/mol. The van der Waals surface area contributed by atoms with Crippen molar-refractivity contribution in [3.05, 3.63) is 34.2 Å². The van der Waals surface area contributed by atoms with Gasteiger partial charge in [-0.05, 0) is 6.07 Å². The minimum atomic E-state index is -0.864. The summed E-state index contributed by atoms with van der Waals surface area (Å²) in [5.41, 5.74) is 0.463. The molecule has 0 saturated heterocycles. The van der Waals surface area contributed by atoms with Gasteiger partial charge in [-0.1, -0.05) is 13.0 Å². The quantitative estimate of drug-likeness (QED) is 0.729. The van der Waals surface area contributed by atoms with Gasteiger partial charge in [0.25, 0.3) is 0 Å². The maximum Gasteiger partial charge on any atom is 0.304 e. The van der Waals surface area contributed by atoms with Crippen LogP contribution < -0.4 is 5.56 Å². The van der Waals surface area contributed by atoms with Gasteiger partial charge in [0.15, 0.2) is 0 Å². The van der Waals surface area contributed by atoms with Crippen LogP contribution in [0.5, 0.6) is 0 Å². The number of pyridine rings is 1. The van der Waals surface area contributed by atoms with Crippen LogP contribution in [0.2, 0.25) is 0 Å². The van der Waals surface area contributed by atoms with Gasteiger partial charge in [-0.3, -0.25) is 9.59 Å². The van der Waals surface area contributed by atoms with Gasteiger partial charge in [0.1, 0.15) is 0 Å². The Morgan fingerprint density at radius 1 is 1.62 bits per heavy atom. The summed E-state index contributed by atoms with van der Waals surface area (Å²) in [5.74, 6) is -1.02. The molecule has 1 unspecified atom stereocenters. The lowest BCUT2D eigenvalue weighted by atomic mass is 10.0. The van der Waals surface area contributed by atoms with Crippen molar-refractivity contribution >= 4 is 5.97 Å². The second-order valence-corrected chi connectivity index (χ2v) is 2.97. The number of hydrogen-bond acceptors (Lipinski definition) is 2. The largest absolute Gasteiger partial charge is 0.481 e. The lowest BCUT2D eigenvalue weighted by Gasteiger charge is -2.07. The molecule has 70 valence electrons. The number of carbonyl (C=O) groups is 1. The third-order valence-electron chi connectivity index (χ3n) is 1.80. The molecule has 1 aromatic heterocycles. The smallest absolute Gasteiger partial charge is 0.304 e. The summed E-state index contributed by atoms with van der Waals surface area (Å²) < 4.78 is 0. The fourth-order valence-corrected chi connectivity index (χ4v) is 1.12. The van der Waals surface area contributed by atoms with Gasteiger partial charge in [0, 0.05) is 17.7 Å². The molecule has 0 aliphatic rings. The standard InChI is InChI=1S/C9H11NO3/c1-6(5-9(12)13)7-3-2-4-8(11)10-7/h2-4,6H,5H2,1H3,(H,10,11)(H,12,13). The van der Waals surface area contributed by atoms with Crippen LogP contribution in [-0.4, -0.2) is 16.1 Å². The summed E-state index contributed by atoms with van der Waals surface area (Å²) in [5, 5.41) is 8.52. The highest BCUT2D eigenvalue weighted by atomic mass is 16.4. The number of carboxylic acid groups (broad SMARTS) is 1. The minimum Gasteiger partial charge on any atom is -0.481 e. The fourth-order valence-electron chi connectivity index (χ4n) is 1.12. The first-order valence-corrected chi connectivity index (χ1v) is 4.00. The average Bonchev–Trinajstić information content (AvgIpc) is 2.03. The Morgan fingerprint density at radius 3 is 2.85 bits per heavy atom. The first-order chi connectivity index (χ1) is 6.09. The molecule has 13 heavy (non-hydrogen) atoms. The molecule has 0 aromatic carbocycles. The number of aromatic amines is 1. The zero-order valence-corrected chi connectivity index (χ0v) is 7.28. The van der Waals surface area contributed by atoms with Crippen molar-refractivity contribution in [2.75, 3.05) is 0 Å². The summed E-state index contributed by atoms with van der Waals surface area (Å²) in [7, 11) is 0. The second-order valence-electron chi connectivity index (χ2n) is 2.97. The van der Waals surface area contributed by atoms with Crippen LogP contribution in [0.3, 0.4) is 0 Å². The third kappa shape index (κ3) is 2.74. The van der Waals surface area contributed by atoms with Crippen LogP contribution in [0.15, 0.2) is 23.0 Å². The molecule has 1 heterocycles. The SMILES string of the molecule is CC(CC(=O)O)c1cccc(=O)[nH]1. The van der Waals surface area contributed by atoms with Gasteiger partial charge >= 0.3 is 5.97 Å². The zero-order chi connectivity index (χ0) is 9.84. The minimum absolute atomic E-state index is 0.0277. The summed E-state index contributed by atoms with van der Waals surface area (Å²) in [6.45, 7) is 1.76. The summed E-state index contributed by atoms with van der Waals surface area (Å²) in [6, 6.07) is 4.73. The normalized spacial score (nSPS) is 12.4. The van der Waals surface area contributed by atoms with E-state index in [2.05, 4.69) is 4.98 Å². The fraction of sp³-hybridized carbons (Fsp3) is 0.333. The van der Waals surface area contributed by atoms with Crippen molar-refractivity contribution in [3.63, 3.8) is 0 Å². The molecule has 0 spiro atoms. The van der Waals surface area contributed by atoms with Crippen molar-refractivity contribution in [3.8, 4) is 0 Å². The lowest BCUT2D eigenvalue weighted by Crippen LogP contribution is -2.11. The predicted octanol–water partition coefficient (Wildman–Crippen LogP) is 0.953. The van der Waals surface area contributed by atoms with Crippen molar-refractivity contribution < 1.29 is 9.90 Å². The van der Waals surface area contributed by atoms with E-state index < -0.39 is 5.97 Å². The molecular formula is C9H11NO3. The van der Waals surface area contributed by atoms with Crippen LogP contribution in [0, 0.1) is 0 Å². The van der Waals surface area contributed by atoms with Gasteiger partial charge < -0.3 is 10.1 Å². The number of aliphatic carboxylic acids is 1. The summed E-state index contributed by atoms with van der Waals surface area (Å²) in [6.07, 6.45) is 0.0277. The van der Waals surface area contributed by atoms with E-state index in [9.17, 15) is 9.59 Å². The Balaban J connectivity index is 2.82. The zero-order valence-electron chi connectivity index (χ0n) is 7.28. The number of carboxylic acids is 1. The van der Waals surface area contributed by atoms with Gasteiger partial charge in [-0.15, -0.1) is 0 Å². The molecule has 0 saturated carbocycles. The van der Waals surface area contributed by atoms with Crippen LogP contribution in [0.1, 0.15) is 25.0 Å². The summed E-state index contributed by atoms with van der Waals surface area (Å²) >= 11 is 0. The van der Waals surface area contributed by atoms with E-state index in [4.69, 9.17) is 5.11 Å². The highest BCUT2D eigenvalue weighted by Crippen LogP contribution is 2.14. The molecule has 0 radical (unpaired) electrons. The Morgan fingerprint density at radius 2 is 2.31 bits per heavy atom. The van der Waals surface area contributed by atoms with E-state index >= 15 is 0 Å².